The van der Waals surface area contributed by atoms with E-state index in [0.717, 1.165) is 17.1 Å². The maximum absolute atomic E-state index is 2.39. The smallest absolute Gasteiger partial charge is 0.0540 e. The van der Waals surface area contributed by atoms with Gasteiger partial charge in [0.15, 0.2) is 0 Å². The second-order valence-electron chi connectivity index (χ2n) is 11.7. The normalized spacial score (nSPS) is 11.0. The van der Waals surface area contributed by atoms with E-state index in [1.165, 1.54) is 55.3 Å². The summed E-state index contributed by atoms with van der Waals surface area (Å²) in [4.78, 5) is 2.39. The number of nitrogens with zero attached hydrogens (tertiary/aromatic N) is 1. The lowest BCUT2D eigenvalue weighted by Gasteiger charge is -2.29. The topological polar surface area (TPSA) is 3.24 Å². The van der Waals surface area contributed by atoms with Gasteiger partial charge in [-0.3, -0.25) is 0 Å². The molecule has 8 aromatic carbocycles. The highest BCUT2D eigenvalue weighted by Gasteiger charge is 2.20. The van der Waals surface area contributed by atoms with Crippen LogP contribution >= 0.6 is 0 Å². The lowest BCUT2D eigenvalue weighted by atomic mass is 9.88. The van der Waals surface area contributed by atoms with E-state index in [9.17, 15) is 0 Å². The van der Waals surface area contributed by atoms with Crippen molar-refractivity contribution in [2.75, 3.05) is 4.90 Å². The fraction of sp³-hybridized carbons (Fsp3) is 0. The van der Waals surface area contributed by atoms with E-state index >= 15 is 0 Å². The Bertz CT molecular complexity index is 2300. The van der Waals surface area contributed by atoms with Gasteiger partial charge in [-0.05, 0) is 80.0 Å². The van der Waals surface area contributed by atoms with Gasteiger partial charge < -0.3 is 4.90 Å². The Labute approximate surface area is 276 Å². The zero-order valence-corrected chi connectivity index (χ0v) is 26.0. The van der Waals surface area contributed by atoms with E-state index in [1.54, 1.807) is 0 Å². The molecule has 0 spiro atoms. The zero-order chi connectivity index (χ0) is 31.4. The summed E-state index contributed by atoms with van der Waals surface area (Å²) in [5, 5.41) is 2.50. The van der Waals surface area contributed by atoms with Crippen LogP contribution in [0.25, 0.3) is 55.3 Å². The van der Waals surface area contributed by atoms with Gasteiger partial charge in [0.1, 0.15) is 0 Å². The molecule has 8 aromatic rings. The summed E-state index contributed by atoms with van der Waals surface area (Å²) in [6, 6.07) is 71.8. The Morgan fingerprint density at radius 2 is 0.745 bits per heavy atom. The quantitative estimate of drug-likeness (QED) is 0.176. The molecule has 47 heavy (non-hydrogen) atoms. The van der Waals surface area contributed by atoms with Crippen LogP contribution in [0.5, 0.6) is 0 Å². The van der Waals surface area contributed by atoms with Gasteiger partial charge >= 0.3 is 0 Å². The molecule has 0 aliphatic carbocycles. The van der Waals surface area contributed by atoms with Crippen molar-refractivity contribution in [1.82, 2.24) is 0 Å². The van der Waals surface area contributed by atoms with Gasteiger partial charge in [0, 0.05) is 16.9 Å². The minimum atomic E-state index is 1.11. The molecule has 0 atom stereocenters. The molecule has 0 fully saturated rings. The molecular formula is C46H33N. The van der Waals surface area contributed by atoms with Crippen molar-refractivity contribution in [2.45, 2.75) is 0 Å². The van der Waals surface area contributed by atoms with E-state index in [0.29, 0.717) is 0 Å². The van der Waals surface area contributed by atoms with Gasteiger partial charge in [-0.15, -0.1) is 0 Å². The lowest BCUT2D eigenvalue weighted by molar-refractivity contribution is 1.28. The fourth-order valence-corrected chi connectivity index (χ4v) is 6.73. The number of hydrogen-bond donors (Lipinski definition) is 0. The Morgan fingerprint density at radius 1 is 0.277 bits per heavy atom. The molecule has 0 unspecified atom stereocenters. The van der Waals surface area contributed by atoms with Crippen molar-refractivity contribution < 1.29 is 0 Å². The average Bonchev–Trinajstić information content (AvgIpc) is 3.16. The van der Waals surface area contributed by atoms with Crippen LogP contribution in [-0.2, 0) is 0 Å². The van der Waals surface area contributed by atoms with Gasteiger partial charge in [0.25, 0.3) is 0 Å². The molecular weight excluding hydrogens is 567 g/mol. The SMILES string of the molecule is c1ccc(-c2ccccc2-c2ccccc2-c2ccccc2N(c2ccccc2)c2cccc(-c3cccc4ccccc34)c2)cc1. The minimum Gasteiger partial charge on any atom is -0.310 e. The second kappa shape index (κ2) is 12.7. The average molecular weight is 600 g/mol. The van der Waals surface area contributed by atoms with E-state index in [1.807, 2.05) is 0 Å². The van der Waals surface area contributed by atoms with Crippen LogP contribution in [0.4, 0.5) is 17.1 Å². The van der Waals surface area contributed by atoms with E-state index in [4.69, 9.17) is 0 Å². The van der Waals surface area contributed by atoms with Crippen LogP contribution in [0.15, 0.2) is 200 Å². The van der Waals surface area contributed by atoms with Crippen LogP contribution in [-0.4, -0.2) is 0 Å². The first kappa shape index (κ1) is 28.3. The van der Waals surface area contributed by atoms with Crippen LogP contribution in [0.3, 0.4) is 0 Å². The Balaban J connectivity index is 1.32. The van der Waals surface area contributed by atoms with Gasteiger partial charge in [-0.2, -0.15) is 0 Å². The molecule has 1 nitrogen and oxygen atoms in total. The van der Waals surface area contributed by atoms with Crippen molar-refractivity contribution in [3.63, 3.8) is 0 Å². The van der Waals surface area contributed by atoms with Crippen LogP contribution in [0, 0.1) is 0 Å². The van der Waals surface area contributed by atoms with Crippen molar-refractivity contribution in [3.05, 3.63) is 200 Å². The predicted octanol–water partition coefficient (Wildman–Crippen LogP) is 13.0. The van der Waals surface area contributed by atoms with Gasteiger partial charge in [-0.25, -0.2) is 0 Å². The van der Waals surface area contributed by atoms with Gasteiger partial charge in [0.2, 0.25) is 0 Å². The summed E-state index contributed by atoms with van der Waals surface area (Å²) in [6.45, 7) is 0. The third-order valence-corrected chi connectivity index (χ3v) is 8.88. The number of fused-ring (bicyclic) bond motifs is 1. The molecule has 0 radical (unpaired) electrons. The predicted molar refractivity (Wildman–Crippen MR) is 200 cm³/mol. The highest BCUT2D eigenvalue weighted by Crippen LogP contribution is 2.45. The van der Waals surface area contributed by atoms with Crippen molar-refractivity contribution in [2.24, 2.45) is 0 Å². The van der Waals surface area contributed by atoms with Crippen molar-refractivity contribution in [1.29, 1.82) is 0 Å². The maximum Gasteiger partial charge on any atom is 0.0540 e. The highest BCUT2D eigenvalue weighted by molar-refractivity contribution is 5.99. The third-order valence-electron chi connectivity index (χ3n) is 8.88. The van der Waals surface area contributed by atoms with E-state index in [2.05, 4.69) is 205 Å². The third kappa shape index (κ3) is 5.49. The number of hydrogen-bond acceptors (Lipinski definition) is 1. The molecule has 0 aliphatic rings. The number of para-hydroxylation sites is 2. The lowest BCUT2D eigenvalue weighted by Crippen LogP contribution is -2.11. The zero-order valence-electron chi connectivity index (χ0n) is 26.0. The Morgan fingerprint density at radius 3 is 1.51 bits per heavy atom. The molecule has 222 valence electrons. The Kier molecular flexibility index (Phi) is 7.63. The minimum absolute atomic E-state index is 1.11. The molecule has 0 saturated carbocycles. The monoisotopic (exact) mass is 599 g/mol. The van der Waals surface area contributed by atoms with E-state index in [-0.39, 0.29) is 0 Å². The first-order valence-electron chi connectivity index (χ1n) is 16.1. The largest absolute Gasteiger partial charge is 0.310 e. The molecule has 0 bridgehead atoms. The molecule has 0 aliphatic heterocycles. The molecule has 0 N–H and O–H groups in total. The molecule has 0 aromatic heterocycles. The molecule has 0 heterocycles. The standard InChI is InChI=1S/C46H33N/c1-3-17-34(18-4-1)40-26-9-10-27-42(40)43-28-11-12-29-44(43)45-30-13-14-32-46(45)47(37-22-5-2-6-23-37)38-24-15-21-36(33-38)41-31-16-20-35-19-7-8-25-39(35)41/h1-33H. The first-order valence-corrected chi connectivity index (χ1v) is 16.1. The molecule has 0 amide bonds. The van der Waals surface area contributed by atoms with Crippen LogP contribution < -0.4 is 4.90 Å². The summed E-state index contributed by atoms with van der Waals surface area (Å²) in [7, 11) is 0. The highest BCUT2D eigenvalue weighted by atomic mass is 15.1. The van der Waals surface area contributed by atoms with Gasteiger partial charge in [-0.1, -0.05) is 170 Å². The number of anilines is 3. The summed E-state index contributed by atoms with van der Waals surface area (Å²) < 4.78 is 0. The second-order valence-corrected chi connectivity index (χ2v) is 11.7. The fourth-order valence-electron chi connectivity index (χ4n) is 6.73. The summed E-state index contributed by atoms with van der Waals surface area (Å²) in [5.41, 5.74) is 13.0. The number of benzene rings is 8. The van der Waals surface area contributed by atoms with Crippen LogP contribution in [0.1, 0.15) is 0 Å². The first-order chi connectivity index (χ1) is 23.3. The van der Waals surface area contributed by atoms with Gasteiger partial charge in [0.05, 0.1) is 5.69 Å². The summed E-state index contributed by atoms with van der Waals surface area (Å²) in [6.07, 6.45) is 0. The summed E-state index contributed by atoms with van der Waals surface area (Å²) >= 11 is 0. The van der Waals surface area contributed by atoms with Crippen LogP contribution in [0.2, 0.25) is 0 Å². The summed E-state index contributed by atoms with van der Waals surface area (Å²) in [5.74, 6) is 0. The maximum atomic E-state index is 2.39. The van der Waals surface area contributed by atoms with E-state index < -0.39 is 0 Å². The molecule has 0 saturated heterocycles. The van der Waals surface area contributed by atoms with Crippen molar-refractivity contribution in [3.8, 4) is 44.5 Å². The Hall–Kier alpha value is -6.18. The van der Waals surface area contributed by atoms with Crippen molar-refractivity contribution >= 4 is 27.8 Å². The number of rotatable bonds is 7. The molecule has 1 heteroatoms. The molecule has 8 rings (SSSR count).